The number of benzene rings is 3. The van der Waals surface area contributed by atoms with Crippen LogP contribution in [0.3, 0.4) is 0 Å². The number of halogens is 1. The van der Waals surface area contributed by atoms with E-state index >= 15 is 0 Å². The summed E-state index contributed by atoms with van der Waals surface area (Å²) < 4.78 is 18.9. The van der Waals surface area contributed by atoms with Crippen LogP contribution >= 0.6 is 0 Å². The van der Waals surface area contributed by atoms with Gasteiger partial charge in [-0.25, -0.2) is 4.39 Å². The Hall–Kier alpha value is -3.97. The number of nitrogens with one attached hydrogen (secondary N) is 3. The molecule has 0 bridgehead atoms. The number of hydrogen-bond acceptors (Lipinski definition) is 5. The van der Waals surface area contributed by atoms with Crippen molar-refractivity contribution >= 4 is 34.5 Å². The van der Waals surface area contributed by atoms with Crippen molar-refractivity contribution in [1.29, 1.82) is 0 Å². The number of amides is 1. The van der Waals surface area contributed by atoms with Gasteiger partial charge in [-0.15, -0.1) is 0 Å². The number of rotatable bonds is 9. The average molecular weight is 474 g/mol. The van der Waals surface area contributed by atoms with Crippen LogP contribution in [0.25, 0.3) is 11.3 Å². The highest BCUT2D eigenvalue weighted by molar-refractivity contribution is 6.37. The highest BCUT2D eigenvalue weighted by atomic mass is 19.1. The van der Waals surface area contributed by atoms with E-state index < -0.39 is 5.82 Å². The lowest BCUT2D eigenvalue weighted by Gasteiger charge is -2.16. The Morgan fingerprint density at radius 3 is 2.57 bits per heavy atom. The van der Waals surface area contributed by atoms with Gasteiger partial charge in [0.25, 0.3) is 5.91 Å². The standard InChI is InChI=1S/C28H28FN3O3/c1-3-35-25(33)14-9-18-5-4-6-20(15-18)27(31-22-11-7-19(8-12-22)17-30-2)26-23-13-10-21(29)16-24(23)32-28(26)34/h4-8,10-13,15-16,30-31H,3,9,14,17H2,1-2H3,(H,32,34)/b27-26-. The Kier molecular flexibility index (Phi) is 7.57. The molecule has 1 aliphatic rings. The second-order valence-electron chi connectivity index (χ2n) is 8.25. The van der Waals surface area contributed by atoms with Crippen molar-refractivity contribution in [2.24, 2.45) is 0 Å². The van der Waals surface area contributed by atoms with Gasteiger partial charge in [0.15, 0.2) is 0 Å². The Balaban J connectivity index is 1.75. The third-order valence-corrected chi connectivity index (χ3v) is 5.72. The summed E-state index contributed by atoms with van der Waals surface area (Å²) in [5.41, 5.74) is 5.77. The molecule has 7 heteroatoms. The smallest absolute Gasteiger partial charge is 0.306 e. The van der Waals surface area contributed by atoms with Crippen LogP contribution in [0.5, 0.6) is 0 Å². The van der Waals surface area contributed by atoms with Crippen molar-refractivity contribution in [2.45, 2.75) is 26.3 Å². The molecule has 3 aromatic carbocycles. The van der Waals surface area contributed by atoms with Gasteiger partial charge in [-0.3, -0.25) is 9.59 Å². The summed E-state index contributed by atoms with van der Waals surface area (Å²) in [5, 5.41) is 9.31. The zero-order chi connectivity index (χ0) is 24.8. The molecule has 1 aliphatic heterocycles. The predicted octanol–water partition coefficient (Wildman–Crippen LogP) is 4.97. The van der Waals surface area contributed by atoms with Gasteiger partial charge in [-0.05, 0) is 73.5 Å². The molecule has 4 rings (SSSR count). The predicted molar refractivity (Wildman–Crippen MR) is 136 cm³/mol. The van der Waals surface area contributed by atoms with Gasteiger partial charge in [-0.2, -0.15) is 0 Å². The largest absolute Gasteiger partial charge is 0.466 e. The maximum Gasteiger partial charge on any atom is 0.306 e. The first-order chi connectivity index (χ1) is 17.0. The number of carbonyl (C=O) groups excluding carboxylic acids is 2. The zero-order valence-corrected chi connectivity index (χ0v) is 19.8. The molecule has 0 atom stereocenters. The number of aryl methyl sites for hydroxylation is 1. The van der Waals surface area contributed by atoms with E-state index in [0.29, 0.717) is 35.5 Å². The van der Waals surface area contributed by atoms with E-state index in [2.05, 4.69) is 16.0 Å². The summed E-state index contributed by atoms with van der Waals surface area (Å²) in [6.07, 6.45) is 0.786. The highest BCUT2D eigenvalue weighted by Crippen LogP contribution is 2.38. The fraction of sp³-hybridized carbons (Fsp3) is 0.214. The molecule has 0 radical (unpaired) electrons. The second-order valence-corrected chi connectivity index (χ2v) is 8.25. The number of carbonyl (C=O) groups is 2. The van der Waals surface area contributed by atoms with Crippen LogP contribution in [0, 0.1) is 5.82 Å². The zero-order valence-electron chi connectivity index (χ0n) is 19.8. The lowest BCUT2D eigenvalue weighted by Crippen LogP contribution is -2.11. The third kappa shape index (κ3) is 5.75. The van der Waals surface area contributed by atoms with Crippen LogP contribution in [0.15, 0.2) is 66.7 Å². The molecule has 1 amide bonds. The molecule has 3 aromatic rings. The Bertz CT molecular complexity index is 1270. The Morgan fingerprint density at radius 1 is 1.03 bits per heavy atom. The summed E-state index contributed by atoms with van der Waals surface area (Å²) in [4.78, 5) is 24.9. The fourth-order valence-corrected chi connectivity index (χ4v) is 4.09. The maximum atomic E-state index is 13.8. The lowest BCUT2D eigenvalue weighted by molar-refractivity contribution is -0.143. The van der Waals surface area contributed by atoms with Crippen molar-refractivity contribution in [2.75, 3.05) is 24.3 Å². The first-order valence-corrected chi connectivity index (χ1v) is 11.6. The van der Waals surface area contributed by atoms with E-state index in [1.165, 1.54) is 12.1 Å². The van der Waals surface area contributed by atoms with E-state index in [1.807, 2.05) is 55.6 Å². The van der Waals surface area contributed by atoms with E-state index in [1.54, 1.807) is 13.0 Å². The van der Waals surface area contributed by atoms with Crippen LogP contribution in [-0.4, -0.2) is 25.5 Å². The van der Waals surface area contributed by atoms with Crippen molar-refractivity contribution in [3.63, 3.8) is 0 Å². The first-order valence-electron chi connectivity index (χ1n) is 11.6. The Morgan fingerprint density at radius 2 is 1.83 bits per heavy atom. The molecular weight excluding hydrogens is 445 g/mol. The minimum absolute atomic E-state index is 0.248. The molecule has 1 heterocycles. The van der Waals surface area contributed by atoms with Crippen LogP contribution < -0.4 is 16.0 Å². The molecule has 0 aromatic heterocycles. The summed E-state index contributed by atoms with van der Waals surface area (Å²) in [6, 6.07) is 19.9. The Labute approximate surface area is 204 Å². The summed E-state index contributed by atoms with van der Waals surface area (Å²) in [7, 11) is 1.89. The topological polar surface area (TPSA) is 79.5 Å². The van der Waals surface area contributed by atoms with E-state index in [0.717, 1.165) is 28.9 Å². The van der Waals surface area contributed by atoms with Crippen LogP contribution in [0.2, 0.25) is 0 Å². The molecule has 0 saturated carbocycles. The average Bonchev–Trinajstić information content (AvgIpc) is 3.17. The quantitative estimate of drug-likeness (QED) is 0.302. The maximum absolute atomic E-state index is 13.8. The van der Waals surface area contributed by atoms with Gasteiger partial charge < -0.3 is 20.7 Å². The number of hydrogen-bond donors (Lipinski definition) is 3. The molecule has 0 aliphatic carbocycles. The second kappa shape index (κ2) is 11.0. The van der Waals surface area contributed by atoms with Gasteiger partial charge in [0, 0.05) is 24.2 Å². The van der Waals surface area contributed by atoms with Crippen LogP contribution in [0.1, 0.15) is 35.6 Å². The molecule has 0 saturated heterocycles. The van der Waals surface area contributed by atoms with Crippen molar-refractivity contribution in [3.05, 3.63) is 94.8 Å². The molecule has 35 heavy (non-hydrogen) atoms. The number of anilines is 2. The van der Waals surface area contributed by atoms with Crippen molar-refractivity contribution < 1.29 is 18.7 Å². The number of esters is 1. The molecule has 180 valence electrons. The van der Waals surface area contributed by atoms with Crippen molar-refractivity contribution in [3.8, 4) is 0 Å². The first kappa shape index (κ1) is 24.2. The minimum atomic E-state index is -0.416. The van der Waals surface area contributed by atoms with Crippen LogP contribution in [-0.2, 0) is 27.3 Å². The van der Waals surface area contributed by atoms with Gasteiger partial charge in [0.05, 0.1) is 23.6 Å². The molecule has 0 spiro atoms. The molecule has 6 nitrogen and oxygen atoms in total. The van der Waals surface area contributed by atoms with E-state index in [4.69, 9.17) is 4.74 Å². The third-order valence-electron chi connectivity index (χ3n) is 5.72. The van der Waals surface area contributed by atoms with Crippen molar-refractivity contribution in [1.82, 2.24) is 5.32 Å². The molecule has 0 unspecified atom stereocenters. The summed E-state index contributed by atoms with van der Waals surface area (Å²) in [5.74, 6) is -0.972. The fourth-order valence-electron chi connectivity index (χ4n) is 4.09. The summed E-state index contributed by atoms with van der Waals surface area (Å²) >= 11 is 0. The normalized spacial score (nSPS) is 13.7. The van der Waals surface area contributed by atoms with E-state index in [-0.39, 0.29) is 18.3 Å². The summed E-state index contributed by atoms with van der Waals surface area (Å²) in [6.45, 7) is 2.88. The molecular formula is C28H28FN3O3. The lowest BCUT2D eigenvalue weighted by atomic mass is 9.97. The van der Waals surface area contributed by atoms with Gasteiger partial charge in [0.2, 0.25) is 0 Å². The molecule has 3 N–H and O–H groups in total. The van der Waals surface area contributed by atoms with Gasteiger partial charge in [-0.1, -0.05) is 30.3 Å². The van der Waals surface area contributed by atoms with Crippen LogP contribution in [0.4, 0.5) is 15.8 Å². The highest BCUT2D eigenvalue weighted by Gasteiger charge is 2.29. The van der Waals surface area contributed by atoms with E-state index in [9.17, 15) is 14.0 Å². The number of fused-ring (bicyclic) bond motifs is 1. The molecule has 0 fully saturated rings. The monoisotopic (exact) mass is 473 g/mol. The van der Waals surface area contributed by atoms with Gasteiger partial charge >= 0.3 is 5.97 Å². The SMILES string of the molecule is CCOC(=O)CCc1cccc(/C(Nc2ccc(CNC)cc2)=C2/C(=O)Nc3cc(F)ccc32)c1. The minimum Gasteiger partial charge on any atom is -0.466 e. The van der Waals surface area contributed by atoms with Gasteiger partial charge in [0.1, 0.15) is 5.82 Å². The number of ether oxygens (including phenoxy) is 1.